The number of aromatic nitrogens is 2. The molecule has 16 heavy (non-hydrogen) atoms. The van der Waals surface area contributed by atoms with Gasteiger partial charge in [-0.25, -0.2) is 0 Å². The predicted molar refractivity (Wildman–Crippen MR) is 63.0 cm³/mol. The summed E-state index contributed by atoms with van der Waals surface area (Å²) in [5.74, 6) is 0. The number of aryl methyl sites for hydroxylation is 1. The fourth-order valence-corrected chi connectivity index (χ4v) is 2.38. The minimum Gasteiger partial charge on any atom is -0.395 e. The molecular weight excluding hydrogens is 202 g/mol. The molecule has 1 saturated heterocycles. The molecule has 1 aromatic rings. The first kappa shape index (κ1) is 11.6. The zero-order chi connectivity index (χ0) is 11.4. The van der Waals surface area contributed by atoms with Crippen molar-refractivity contribution in [2.75, 3.05) is 13.2 Å². The average Bonchev–Trinajstić information content (AvgIpc) is 2.89. The molecule has 0 aliphatic carbocycles. The van der Waals surface area contributed by atoms with Gasteiger partial charge in [-0.1, -0.05) is 6.92 Å². The molecule has 0 radical (unpaired) electrons. The van der Waals surface area contributed by atoms with E-state index in [-0.39, 0.29) is 6.61 Å². The van der Waals surface area contributed by atoms with Crippen LogP contribution in [0.4, 0.5) is 0 Å². The molecule has 1 fully saturated rings. The van der Waals surface area contributed by atoms with Crippen LogP contribution in [0, 0.1) is 0 Å². The van der Waals surface area contributed by atoms with Crippen LogP contribution in [0.15, 0.2) is 12.4 Å². The van der Waals surface area contributed by atoms with Gasteiger partial charge in [-0.2, -0.15) is 5.10 Å². The fraction of sp³-hybridized carbons (Fsp3) is 0.750. The second kappa shape index (κ2) is 5.46. The second-order valence-electron chi connectivity index (χ2n) is 4.56. The highest BCUT2D eigenvalue weighted by Crippen LogP contribution is 2.19. The molecule has 0 saturated carbocycles. The van der Waals surface area contributed by atoms with E-state index in [1.165, 1.54) is 12.0 Å². The SMILES string of the molecule is CCCn1cc(CN2CCC[C@H]2CO)cn1. The molecule has 0 bridgehead atoms. The Morgan fingerprint density at radius 1 is 1.56 bits per heavy atom. The number of likely N-dealkylation sites (tertiary alicyclic amines) is 1. The summed E-state index contributed by atoms with van der Waals surface area (Å²) in [6.45, 7) is 5.45. The molecule has 1 N–H and O–H groups in total. The Bertz CT molecular complexity index is 324. The van der Waals surface area contributed by atoms with Crippen molar-refractivity contribution in [2.45, 2.75) is 45.3 Å². The zero-order valence-corrected chi connectivity index (χ0v) is 9.97. The molecule has 4 heteroatoms. The predicted octanol–water partition coefficient (Wildman–Crippen LogP) is 1.25. The van der Waals surface area contributed by atoms with Gasteiger partial charge in [0, 0.05) is 30.9 Å². The number of aliphatic hydroxyl groups is 1. The van der Waals surface area contributed by atoms with E-state index < -0.39 is 0 Å². The van der Waals surface area contributed by atoms with Crippen molar-refractivity contribution in [1.82, 2.24) is 14.7 Å². The summed E-state index contributed by atoms with van der Waals surface area (Å²) >= 11 is 0. The van der Waals surface area contributed by atoms with Crippen LogP contribution in [0.5, 0.6) is 0 Å². The maximum atomic E-state index is 9.24. The van der Waals surface area contributed by atoms with Crippen LogP contribution in [0.1, 0.15) is 31.7 Å². The number of hydrogen-bond donors (Lipinski definition) is 1. The Balaban J connectivity index is 1.92. The van der Waals surface area contributed by atoms with E-state index >= 15 is 0 Å². The van der Waals surface area contributed by atoms with Crippen LogP contribution in [-0.2, 0) is 13.1 Å². The largest absolute Gasteiger partial charge is 0.395 e. The van der Waals surface area contributed by atoms with Gasteiger partial charge in [-0.15, -0.1) is 0 Å². The first-order chi connectivity index (χ1) is 7.83. The summed E-state index contributed by atoms with van der Waals surface area (Å²) in [6.07, 6.45) is 7.51. The minimum atomic E-state index is 0.281. The number of nitrogens with zero attached hydrogens (tertiary/aromatic N) is 3. The molecule has 1 aliphatic heterocycles. The zero-order valence-electron chi connectivity index (χ0n) is 9.97. The standard InChI is InChI=1S/C12H21N3O/c1-2-5-15-9-11(7-13-15)8-14-6-3-4-12(14)10-16/h7,9,12,16H,2-6,8,10H2,1H3/t12-/m0/s1. The highest BCUT2D eigenvalue weighted by molar-refractivity contribution is 5.04. The molecule has 1 atom stereocenters. The van der Waals surface area contributed by atoms with E-state index in [9.17, 15) is 5.11 Å². The normalized spacial score (nSPS) is 21.8. The van der Waals surface area contributed by atoms with Crippen molar-refractivity contribution in [2.24, 2.45) is 0 Å². The Morgan fingerprint density at radius 3 is 3.19 bits per heavy atom. The highest BCUT2D eigenvalue weighted by atomic mass is 16.3. The third-order valence-corrected chi connectivity index (χ3v) is 3.23. The van der Waals surface area contributed by atoms with Gasteiger partial charge in [0.15, 0.2) is 0 Å². The molecule has 0 amide bonds. The molecule has 2 rings (SSSR count). The molecule has 1 aromatic heterocycles. The number of rotatable bonds is 5. The molecule has 1 aliphatic rings. The van der Waals surface area contributed by atoms with Crippen LogP contribution in [-0.4, -0.2) is 39.0 Å². The van der Waals surface area contributed by atoms with Gasteiger partial charge < -0.3 is 5.11 Å². The van der Waals surface area contributed by atoms with Crippen LogP contribution in [0.3, 0.4) is 0 Å². The second-order valence-corrected chi connectivity index (χ2v) is 4.56. The van der Waals surface area contributed by atoms with E-state index in [0.717, 1.165) is 32.5 Å². The summed E-state index contributed by atoms with van der Waals surface area (Å²) in [4.78, 5) is 2.35. The van der Waals surface area contributed by atoms with Gasteiger partial charge in [0.05, 0.1) is 12.8 Å². The molecular formula is C12H21N3O. The Morgan fingerprint density at radius 2 is 2.44 bits per heavy atom. The van der Waals surface area contributed by atoms with Crippen molar-refractivity contribution in [3.05, 3.63) is 18.0 Å². The van der Waals surface area contributed by atoms with Gasteiger partial charge in [0.1, 0.15) is 0 Å². The van der Waals surface area contributed by atoms with Gasteiger partial charge in [-0.05, 0) is 25.8 Å². The lowest BCUT2D eigenvalue weighted by atomic mass is 10.2. The first-order valence-corrected chi connectivity index (χ1v) is 6.19. The van der Waals surface area contributed by atoms with Crippen molar-refractivity contribution in [1.29, 1.82) is 0 Å². The topological polar surface area (TPSA) is 41.3 Å². The van der Waals surface area contributed by atoms with Crippen LogP contribution < -0.4 is 0 Å². The van der Waals surface area contributed by atoms with Gasteiger partial charge in [0.2, 0.25) is 0 Å². The van der Waals surface area contributed by atoms with E-state index in [1.54, 1.807) is 0 Å². The van der Waals surface area contributed by atoms with Gasteiger partial charge in [-0.3, -0.25) is 9.58 Å². The van der Waals surface area contributed by atoms with Crippen molar-refractivity contribution < 1.29 is 5.11 Å². The lowest BCUT2D eigenvalue weighted by Gasteiger charge is -2.21. The lowest BCUT2D eigenvalue weighted by molar-refractivity contribution is 0.153. The Hall–Kier alpha value is -0.870. The highest BCUT2D eigenvalue weighted by Gasteiger charge is 2.23. The Kier molecular flexibility index (Phi) is 3.96. The van der Waals surface area contributed by atoms with Crippen molar-refractivity contribution in [3.63, 3.8) is 0 Å². The summed E-state index contributed by atoms with van der Waals surface area (Å²) < 4.78 is 2.00. The molecule has 2 heterocycles. The molecule has 0 aromatic carbocycles. The van der Waals surface area contributed by atoms with E-state index in [1.807, 2.05) is 10.9 Å². The maximum Gasteiger partial charge on any atom is 0.0587 e. The summed E-state index contributed by atoms with van der Waals surface area (Å²) in [6, 6.07) is 0.356. The molecule has 0 unspecified atom stereocenters. The van der Waals surface area contributed by atoms with Crippen LogP contribution in [0.25, 0.3) is 0 Å². The molecule has 0 spiro atoms. The monoisotopic (exact) mass is 223 g/mol. The van der Waals surface area contributed by atoms with E-state index in [2.05, 4.69) is 23.1 Å². The van der Waals surface area contributed by atoms with Gasteiger partial charge >= 0.3 is 0 Å². The fourth-order valence-electron chi connectivity index (χ4n) is 2.38. The first-order valence-electron chi connectivity index (χ1n) is 6.19. The number of aliphatic hydroxyl groups excluding tert-OH is 1. The quantitative estimate of drug-likeness (QED) is 0.817. The smallest absolute Gasteiger partial charge is 0.0587 e. The molecule has 90 valence electrons. The summed E-state index contributed by atoms with van der Waals surface area (Å²) in [7, 11) is 0. The van der Waals surface area contributed by atoms with Gasteiger partial charge in [0.25, 0.3) is 0 Å². The van der Waals surface area contributed by atoms with Crippen molar-refractivity contribution >= 4 is 0 Å². The summed E-state index contributed by atoms with van der Waals surface area (Å²) in [5.41, 5.74) is 1.26. The molecule has 4 nitrogen and oxygen atoms in total. The number of hydrogen-bond acceptors (Lipinski definition) is 3. The lowest BCUT2D eigenvalue weighted by Crippen LogP contribution is -2.31. The van der Waals surface area contributed by atoms with E-state index in [0.29, 0.717) is 6.04 Å². The maximum absolute atomic E-state index is 9.24. The third kappa shape index (κ3) is 2.62. The average molecular weight is 223 g/mol. The van der Waals surface area contributed by atoms with Crippen molar-refractivity contribution in [3.8, 4) is 0 Å². The van der Waals surface area contributed by atoms with Crippen LogP contribution >= 0.6 is 0 Å². The summed E-state index contributed by atoms with van der Waals surface area (Å²) in [5, 5.41) is 13.6. The minimum absolute atomic E-state index is 0.281. The third-order valence-electron chi connectivity index (χ3n) is 3.23. The van der Waals surface area contributed by atoms with E-state index in [4.69, 9.17) is 0 Å². The van der Waals surface area contributed by atoms with Crippen LogP contribution in [0.2, 0.25) is 0 Å². The Labute approximate surface area is 96.9 Å².